The zero-order chi connectivity index (χ0) is 13.2. The van der Waals surface area contributed by atoms with Gasteiger partial charge >= 0.3 is 26.2 Å². The number of thioether (sulfide) groups is 1. The van der Waals surface area contributed by atoms with Gasteiger partial charge in [0.05, 0.1) is 0 Å². The van der Waals surface area contributed by atoms with E-state index in [1.807, 2.05) is 36.0 Å². The van der Waals surface area contributed by atoms with Crippen molar-refractivity contribution in [3.05, 3.63) is 70.8 Å². The molecule has 3 aliphatic rings. The third kappa shape index (κ3) is 4.89. The molecule has 5 heteroatoms. The molecule has 2 aliphatic carbocycles. The maximum Gasteiger partial charge on any atom is 4.00 e. The van der Waals surface area contributed by atoms with E-state index in [4.69, 9.17) is 11.6 Å². The van der Waals surface area contributed by atoms with E-state index in [9.17, 15) is 0 Å². The van der Waals surface area contributed by atoms with Crippen molar-refractivity contribution in [2.75, 3.05) is 0 Å². The standard InChI is InChI=1S/C12H8ClS.C5H5.2ClH.Zr/c1-7-5-8-11(6-7)14-10-4-2-3-9(13)12(8)10;1-2-4-5-3-1;;;/h2-4,6,11H,1H3;1-3H,4H2;2*1H;/q2*-1;;;+4/p-2. The van der Waals surface area contributed by atoms with Crippen LogP contribution in [0.3, 0.4) is 0 Å². The average molecular weight is 447 g/mol. The molecule has 4 rings (SSSR count). The minimum absolute atomic E-state index is 0. The largest absolute Gasteiger partial charge is 4.00 e. The van der Waals surface area contributed by atoms with Gasteiger partial charge in [-0.2, -0.15) is 23.8 Å². The fourth-order valence-electron chi connectivity index (χ4n) is 2.27. The summed E-state index contributed by atoms with van der Waals surface area (Å²) in [6, 6.07) is 6.08. The van der Waals surface area contributed by atoms with Crippen LogP contribution in [0.4, 0.5) is 0 Å². The average Bonchev–Trinajstić information content (AvgIpc) is 3.05. The zero-order valence-electron chi connectivity index (χ0n) is 11.9. The number of benzene rings is 1. The Kier molecular flexibility index (Phi) is 10.3. The second kappa shape index (κ2) is 10.2. The monoisotopic (exact) mass is 444 g/mol. The molecule has 1 aromatic rings. The first-order valence-electron chi connectivity index (χ1n) is 6.25. The van der Waals surface area contributed by atoms with Gasteiger partial charge in [0.15, 0.2) is 0 Å². The molecule has 0 amide bonds. The van der Waals surface area contributed by atoms with Crippen LogP contribution in [0, 0.1) is 12.2 Å². The molecular formula is C17H13Cl3SZr. The Labute approximate surface area is 173 Å². The molecular weight excluding hydrogens is 434 g/mol. The molecule has 0 saturated carbocycles. The third-order valence-corrected chi connectivity index (χ3v) is 4.64. The second-order valence-electron chi connectivity index (χ2n) is 4.54. The molecule has 0 fully saturated rings. The number of allylic oxidation sites excluding steroid dienone is 6. The van der Waals surface area contributed by atoms with Crippen LogP contribution >= 0.6 is 23.4 Å². The van der Waals surface area contributed by atoms with Gasteiger partial charge in [0.2, 0.25) is 0 Å². The number of halogens is 3. The predicted molar refractivity (Wildman–Crippen MR) is 83.1 cm³/mol. The molecule has 1 unspecified atom stereocenters. The van der Waals surface area contributed by atoms with Crippen LogP contribution in [0.1, 0.15) is 18.9 Å². The molecule has 0 aromatic heterocycles. The van der Waals surface area contributed by atoms with Crippen molar-refractivity contribution in [2.24, 2.45) is 0 Å². The summed E-state index contributed by atoms with van der Waals surface area (Å²) in [4.78, 5) is 1.29. The summed E-state index contributed by atoms with van der Waals surface area (Å²) in [6.45, 7) is 2.09. The Bertz CT molecular complexity index is 623. The van der Waals surface area contributed by atoms with Crippen molar-refractivity contribution in [3.8, 4) is 0 Å². The minimum atomic E-state index is 0. The Morgan fingerprint density at radius 3 is 2.64 bits per heavy atom. The fourth-order valence-corrected chi connectivity index (χ4v) is 3.94. The molecule has 1 aliphatic heterocycles. The van der Waals surface area contributed by atoms with Crippen LogP contribution in [0.15, 0.2) is 53.0 Å². The van der Waals surface area contributed by atoms with Crippen LogP contribution in [-0.2, 0) is 26.2 Å². The molecule has 0 saturated heterocycles. The molecule has 22 heavy (non-hydrogen) atoms. The van der Waals surface area contributed by atoms with Crippen LogP contribution < -0.4 is 24.8 Å². The third-order valence-electron chi connectivity index (χ3n) is 3.10. The quantitative estimate of drug-likeness (QED) is 0.474. The summed E-state index contributed by atoms with van der Waals surface area (Å²) in [5.41, 5.74) is 3.67. The van der Waals surface area contributed by atoms with Gasteiger partial charge in [-0.05, 0) is 15.2 Å². The van der Waals surface area contributed by atoms with Crippen molar-refractivity contribution in [1.82, 2.24) is 0 Å². The molecule has 0 bridgehead atoms. The first-order chi connectivity index (χ1) is 9.25. The van der Waals surface area contributed by atoms with E-state index >= 15 is 0 Å². The van der Waals surface area contributed by atoms with Gasteiger partial charge in [0.25, 0.3) is 0 Å². The molecule has 1 aromatic carbocycles. The number of hydrogen-bond donors (Lipinski definition) is 0. The zero-order valence-corrected chi connectivity index (χ0v) is 17.4. The first-order valence-corrected chi connectivity index (χ1v) is 7.51. The van der Waals surface area contributed by atoms with E-state index in [2.05, 4.69) is 37.3 Å². The van der Waals surface area contributed by atoms with Crippen molar-refractivity contribution >= 4 is 28.9 Å². The Balaban J connectivity index is 0.000000482. The van der Waals surface area contributed by atoms with Crippen LogP contribution in [0.2, 0.25) is 5.02 Å². The second-order valence-corrected chi connectivity index (χ2v) is 6.13. The predicted octanol–water partition coefficient (Wildman–Crippen LogP) is -0.728. The van der Waals surface area contributed by atoms with Gasteiger partial charge in [-0.1, -0.05) is 42.3 Å². The first kappa shape index (κ1) is 22.3. The van der Waals surface area contributed by atoms with Gasteiger partial charge in [0, 0.05) is 0 Å². The van der Waals surface area contributed by atoms with Gasteiger partial charge in [0.1, 0.15) is 0 Å². The number of rotatable bonds is 0. The van der Waals surface area contributed by atoms with Crippen molar-refractivity contribution in [1.29, 1.82) is 0 Å². The van der Waals surface area contributed by atoms with Crippen LogP contribution in [-0.4, -0.2) is 5.25 Å². The SMILES string of the molecule is CC1=CC2Sc3cccc(Cl)c3C2=[C-]1.[C-]1=CC=CC1.[Cl-].[Cl-].[Zr+4]. The van der Waals surface area contributed by atoms with Gasteiger partial charge in [-0.25, -0.2) is 12.2 Å². The molecule has 1 heterocycles. The van der Waals surface area contributed by atoms with Gasteiger partial charge in [-0.15, -0.1) is 23.8 Å². The summed E-state index contributed by atoms with van der Waals surface area (Å²) in [5, 5.41) is 1.30. The van der Waals surface area contributed by atoms with Crippen LogP contribution in [0.5, 0.6) is 0 Å². The van der Waals surface area contributed by atoms with E-state index in [0.29, 0.717) is 5.25 Å². The Morgan fingerprint density at radius 2 is 2.05 bits per heavy atom. The van der Waals surface area contributed by atoms with Crippen molar-refractivity contribution in [3.63, 3.8) is 0 Å². The molecule has 0 spiro atoms. The maximum absolute atomic E-state index is 6.19. The van der Waals surface area contributed by atoms with Gasteiger partial charge in [-0.3, -0.25) is 6.08 Å². The topological polar surface area (TPSA) is 0 Å². The Morgan fingerprint density at radius 1 is 1.27 bits per heavy atom. The van der Waals surface area contributed by atoms with Crippen molar-refractivity contribution < 1.29 is 51.0 Å². The van der Waals surface area contributed by atoms with Crippen molar-refractivity contribution in [2.45, 2.75) is 23.5 Å². The van der Waals surface area contributed by atoms with Gasteiger partial charge < -0.3 is 24.8 Å². The maximum atomic E-state index is 6.19. The number of fused-ring (bicyclic) bond motifs is 3. The summed E-state index contributed by atoms with van der Waals surface area (Å²) < 4.78 is 0. The van der Waals surface area contributed by atoms with E-state index in [-0.39, 0.29) is 51.0 Å². The molecule has 0 radical (unpaired) electrons. The van der Waals surface area contributed by atoms with E-state index < -0.39 is 0 Å². The smallest absolute Gasteiger partial charge is 1.00 e. The number of hydrogen-bond acceptors (Lipinski definition) is 1. The van der Waals surface area contributed by atoms with E-state index in [1.54, 1.807) is 0 Å². The summed E-state index contributed by atoms with van der Waals surface area (Å²) in [5.74, 6) is 0. The minimum Gasteiger partial charge on any atom is -1.00 e. The van der Waals surface area contributed by atoms with E-state index in [1.165, 1.54) is 21.6 Å². The summed E-state index contributed by atoms with van der Waals surface area (Å²) >= 11 is 8.05. The molecule has 0 N–H and O–H groups in total. The molecule has 0 nitrogen and oxygen atoms in total. The summed E-state index contributed by atoms with van der Waals surface area (Å²) in [6.07, 6.45) is 15.6. The normalized spacial score (nSPS) is 18.5. The summed E-state index contributed by atoms with van der Waals surface area (Å²) in [7, 11) is 0. The van der Waals surface area contributed by atoms with E-state index in [0.717, 1.165) is 11.4 Å². The molecule has 112 valence electrons. The Hall–Kier alpha value is 0.283. The molecule has 1 atom stereocenters. The van der Waals surface area contributed by atoms with Crippen LogP contribution in [0.25, 0.3) is 5.57 Å². The fraction of sp³-hybridized carbons (Fsp3) is 0.176.